The highest BCUT2D eigenvalue weighted by Crippen LogP contribution is 2.45. The van der Waals surface area contributed by atoms with Gasteiger partial charge in [-0.1, -0.05) is 0 Å². The second-order valence-electron chi connectivity index (χ2n) is 5.98. The second kappa shape index (κ2) is 2.51. The summed E-state index contributed by atoms with van der Waals surface area (Å²) in [6.45, 7) is 8.39. The summed E-state index contributed by atoms with van der Waals surface area (Å²) in [6, 6.07) is 0. The van der Waals surface area contributed by atoms with Crippen molar-refractivity contribution in [3.8, 4) is 0 Å². The Morgan fingerprint density at radius 3 is 1.93 bits per heavy atom. The van der Waals surface area contributed by atoms with Crippen LogP contribution in [0.1, 0.15) is 47.0 Å². The van der Waals surface area contributed by atoms with Gasteiger partial charge in [0.2, 0.25) is 5.91 Å². The Morgan fingerprint density at radius 2 is 1.57 bits per heavy atom. The van der Waals surface area contributed by atoms with E-state index >= 15 is 0 Å². The molecule has 0 aromatic heterocycles. The second-order valence-corrected chi connectivity index (χ2v) is 5.98. The fourth-order valence-corrected chi connectivity index (χ4v) is 3.31. The van der Waals surface area contributed by atoms with Crippen molar-refractivity contribution in [1.82, 2.24) is 5.32 Å². The fourth-order valence-electron chi connectivity index (χ4n) is 3.31. The number of carbonyl (C=O) groups is 1. The lowest BCUT2D eigenvalue weighted by Crippen LogP contribution is -2.69. The van der Waals surface area contributed by atoms with E-state index in [0.29, 0.717) is 6.42 Å². The maximum atomic E-state index is 11.0. The molecular formula is C11H19NO2. The molecule has 1 amide bonds. The summed E-state index contributed by atoms with van der Waals surface area (Å²) >= 11 is 0. The zero-order chi connectivity index (χ0) is 10.6. The van der Waals surface area contributed by atoms with Crippen LogP contribution in [0.3, 0.4) is 0 Å². The van der Waals surface area contributed by atoms with Crippen molar-refractivity contribution >= 4 is 5.91 Å². The van der Waals surface area contributed by atoms with Crippen molar-refractivity contribution < 1.29 is 9.53 Å². The minimum atomic E-state index is -0.130. The molecule has 2 aliphatic rings. The molecule has 14 heavy (non-hydrogen) atoms. The Bertz CT molecular complexity index is 255. The van der Waals surface area contributed by atoms with Crippen LogP contribution in [-0.4, -0.2) is 22.6 Å². The van der Waals surface area contributed by atoms with E-state index in [1.807, 2.05) is 0 Å². The molecule has 3 heteroatoms. The highest BCUT2D eigenvalue weighted by Gasteiger charge is 2.54. The normalized spacial score (nSPS) is 32.1. The first-order valence-electron chi connectivity index (χ1n) is 5.23. The van der Waals surface area contributed by atoms with Crippen LogP contribution in [0, 0.1) is 0 Å². The number of nitrogens with one attached hydrogen (secondary N) is 1. The van der Waals surface area contributed by atoms with E-state index in [-0.39, 0.29) is 22.6 Å². The van der Waals surface area contributed by atoms with Crippen LogP contribution in [0.5, 0.6) is 0 Å². The van der Waals surface area contributed by atoms with Gasteiger partial charge >= 0.3 is 0 Å². The number of amides is 1. The van der Waals surface area contributed by atoms with Crippen LogP contribution in [0.2, 0.25) is 0 Å². The summed E-state index contributed by atoms with van der Waals surface area (Å²) in [7, 11) is 0. The van der Waals surface area contributed by atoms with Gasteiger partial charge in [-0.2, -0.15) is 0 Å². The van der Waals surface area contributed by atoms with Crippen molar-refractivity contribution in [2.24, 2.45) is 0 Å². The van der Waals surface area contributed by atoms with E-state index in [0.717, 1.165) is 12.8 Å². The fraction of sp³-hybridized carbons (Fsp3) is 0.909. The van der Waals surface area contributed by atoms with Crippen molar-refractivity contribution in [3.05, 3.63) is 0 Å². The molecule has 0 unspecified atom stereocenters. The smallest absolute Gasteiger partial charge is 0.222 e. The molecule has 0 saturated carbocycles. The van der Waals surface area contributed by atoms with Crippen molar-refractivity contribution in [1.29, 1.82) is 0 Å². The number of β-lactam (4-membered cyclic amide) rings is 1. The molecule has 80 valence electrons. The molecule has 2 rings (SSSR count). The highest BCUT2D eigenvalue weighted by molar-refractivity contribution is 5.84. The lowest BCUT2D eigenvalue weighted by atomic mass is 9.69. The first kappa shape index (κ1) is 9.97. The largest absolute Gasteiger partial charge is 0.370 e. The van der Waals surface area contributed by atoms with Gasteiger partial charge in [-0.15, -0.1) is 0 Å². The molecule has 2 aliphatic heterocycles. The Balaban J connectivity index is 2.18. The quantitative estimate of drug-likeness (QED) is 0.599. The molecule has 2 saturated heterocycles. The van der Waals surface area contributed by atoms with Gasteiger partial charge in [0, 0.05) is 6.42 Å². The van der Waals surface area contributed by atoms with Gasteiger partial charge in [0.1, 0.15) is 0 Å². The van der Waals surface area contributed by atoms with E-state index in [1.165, 1.54) is 0 Å². The third-order valence-corrected chi connectivity index (χ3v) is 2.98. The van der Waals surface area contributed by atoms with E-state index in [2.05, 4.69) is 33.0 Å². The molecular weight excluding hydrogens is 178 g/mol. The van der Waals surface area contributed by atoms with Gasteiger partial charge in [0.05, 0.1) is 16.7 Å². The van der Waals surface area contributed by atoms with Crippen LogP contribution in [0.15, 0.2) is 0 Å². The van der Waals surface area contributed by atoms with Gasteiger partial charge in [-0.05, 0) is 40.5 Å². The molecule has 2 fully saturated rings. The van der Waals surface area contributed by atoms with Crippen molar-refractivity contribution in [2.75, 3.05) is 0 Å². The Morgan fingerprint density at radius 1 is 1.14 bits per heavy atom. The number of rotatable bonds is 0. The molecule has 1 spiro atoms. The number of ether oxygens (including phenoxy) is 1. The topological polar surface area (TPSA) is 38.3 Å². The van der Waals surface area contributed by atoms with Crippen molar-refractivity contribution in [2.45, 2.75) is 63.7 Å². The highest BCUT2D eigenvalue weighted by atomic mass is 16.5. The van der Waals surface area contributed by atoms with Crippen LogP contribution >= 0.6 is 0 Å². The average Bonchev–Trinajstić information content (AvgIpc) is 1.74. The number of hydrogen-bond acceptors (Lipinski definition) is 2. The van der Waals surface area contributed by atoms with Crippen LogP contribution in [0.25, 0.3) is 0 Å². The lowest BCUT2D eigenvalue weighted by Gasteiger charge is -2.55. The molecule has 0 aromatic rings. The molecule has 0 aliphatic carbocycles. The Kier molecular flexibility index (Phi) is 1.79. The average molecular weight is 197 g/mol. The summed E-state index contributed by atoms with van der Waals surface area (Å²) < 4.78 is 5.98. The summed E-state index contributed by atoms with van der Waals surface area (Å²) in [5.41, 5.74) is -0.243. The first-order chi connectivity index (χ1) is 6.22. The van der Waals surface area contributed by atoms with E-state index in [4.69, 9.17) is 4.74 Å². The molecule has 0 bridgehead atoms. The molecule has 0 radical (unpaired) electrons. The predicted molar refractivity (Wildman–Crippen MR) is 54.0 cm³/mol. The molecule has 0 atom stereocenters. The Hall–Kier alpha value is -0.570. The minimum Gasteiger partial charge on any atom is -0.370 e. The van der Waals surface area contributed by atoms with Gasteiger partial charge in [-0.3, -0.25) is 4.79 Å². The number of hydrogen-bond donors (Lipinski definition) is 1. The third kappa shape index (κ3) is 1.65. The van der Waals surface area contributed by atoms with Crippen LogP contribution in [0.4, 0.5) is 0 Å². The van der Waals surface area contributed by atoms with E-state index in [1.54, 1.807) is 0 Å². The predicted octanol–water partition coefficient (Wildman–Crippen LogP) is 1.61. The molecule has 1 N–H and O–H groups in total. The van der Waals surface area contributed by atoms with Gasteiger partial charge in [-0.25, -0.2) is 0 Å². The van der Waals surface area contributed by atoms with Gasteiger partial charge in [0.15, 0.2) is 0 Å². The molecule has 2 heterocycles. The molecule has 0 aromatic carbocycles. The maximum Gasteiger partial charge on any atom is 0.222 e. The van der Waals surface area contributed by atoms with Crippen LogP contribution < -0.4 is 5.32 Å². The van der Waals surface area contributed by atoms with Crippen molar-refractivity contribution in [3.63, 3.8) is 0 Å². The Labute approximate surface area is 85.2 Å². The van der Waals surface area contributed by atoms with Gasteiger partial charge in [0.25, 0.3) is 0 Å². The lowest BCUT2D eigenvalue weighted by molar-refractivity contribution is -0.195. The minimum absolute atomic E-state index is 0.0162. The van der Waals surface area contributed by atoms with Crippen LogP contribution in [-0.2, 0) is 9.53 Å². The number of carbonyl (C=O) groups excluding carboxylic acids is 1. The summed E-state index contributed by atoms with van der Waals surface area (Å²) in [5.74, 6) is 0.179. The first-order valence-corrected chi connectivity index (χ1v) is 5.23. The van der Waals surface area contributed by atoms with E-state index in [9.17, 15) is 4.79 Å². The summed E-state index contributed by atoms with van der Waals surface area (Å²) in [5, 5.41) is 3.05. The standard InChI is InChI=1S/C11H19NO2/c1-9(2)6-11(5-8(13)12-11)7-10(3,4)14-9/h5-7H2,1-4H3,(H,12,13). The monoisotopic (exact) mass is 197 g/mol. The third-order valence-electron chi connectivity index (χ3n) is 2.98. The zero-order valence-electron chi connectivity index (χ0n) is 9.44. The maximum absolute atomic E-state index is 11.0. The van der Waals surface area contributed by atoms with E-state index < -0.39 is 0 Å². The van der Waals surface area contributed by atoms with Gasteiger partial charge < -0.3 is 10.1 Å². The zero-order valence-corrected chi connectivity index (χ0v) is 9.44. The molecule has 3 nitrogen and oxygen atoms in total. The summed E-state index contributed by atoms with van der Waals surface area (Å²) in [6.07, 6.45) is 2.52. The SMILES string of the molecule is CC1(C)CC2(CC(=O)N2)CC(C)(C)O1. The summed E-state index contributed by atoms with van der Waals surface area (Å²) in [4.78, 5) is 11.0.